The molecule has 5 rings (SSSR count). The minimum atomic E-state index is -0.342. The van der Waals surface area contributed by atoms with Crippen LogP contribution in [-0.4, -0.2) is 22.1 Å². The highest BCUT2D eigenvalue weighted by Crippen LogP contribution is 2.32. The maximum atomic E-state index is 13.3. The predicted octanol–water partition coefficient (Wildman–Crippen LogP) is 3.90. The summed E-state index contributed by atoms with van der Waals surface area (Å²) in [5.74, 6) is 0.148. The molecule has 8 heteroatoms. The standard InChI is InChI=1S/C23H18FN3O3S/c24-15-7-5-14(6-8-15)17-12-31-22-21(17)23(29)27(13-25-22)11-20(28)26-18-9-10-30-19-4-2-1-3-16(18)19/h1-8,12-13,18H,9-11H2,(H,26,28)/t18-/m1/s1. The molecule has 0 saturated heterocycles. The highest BCUT2D eigenvalue weighted by atomic mass is 32.1. The summed E-state index contributed by atoms with van der Waals surface area (Å²) in [6, 6.07) is 13.4. The molecule has 0 fully saturated rings. The zero-order chi connectivity index (χ0) is 21.4. The molecule has 4 aromatic rings. The summed E-state index contributed by atoms with van der Waals surface area (Å²) < 4.78 is 20.2. The zero-order valence-corrected chi connectivity index (χ0v) is 17.2. The molecule has 1 amide bonds. The largest absolute Gasteiger partial charge is 0.493 e. The summed E-state index contributed by atoms with van der Waals surface area (Å²) in [4.78, 5) is 30.8. The number of nitrogens with one attached hydrogen (secondary N) is 1. The molecule has 0 spiro atoms. The first-order valence-corrected chi connectivity index (χ1v) is 10.7. The quantitative estimate of drug-likeness (QED) is 0.528. The smallest absolute Gasteiger partial charge is 0.263 e. The van der Waals surface area contributed by atoms with Gasteiger partial charge in [-0.1, -0.05) is 30.3 Å². The Bertz CT molecular complexity index is 1330. The number of amides is 1. The minimum absolute atomic E-state index is 0.139. The maximum absolute atomic E-state index is 13.3. The molecule has 31 heavy (non-hydrogen) atoms. The second-order valence-corrected chi connectivity index (χ2v) is 8.17. The van der Waals surface area contributed by atoms with Gasteiger partial charge in [-0.2, -0.15) is 0 Å². The first kappa shape index (κ1) is 19.4. The molecule has 3 heterocycles. The van der Waals surface area contributed by atoms with Crippen molar-refractivity contribution in [3.05, 3.63) is 82.0 Å². The van der Waals surface area contributed by atoms with Crippen molar-refractivity contribution in [2.75, 3.05) is 6.61 Å². The number of carbonyl (C=O) groups excluding carboxylic acids is 1. The third-order valence-corrected chi connectivity index (χ3v) is 6.21. The molecule has 1 aliphatic heterocycles. The molecule has 0 radical (unpaired) electrons. The summed E-state index contributed by atoms with van der Waals surface area (Å²) in [6.45, 7) is 0.380. The van der Waals surface area contributed by atoms with Crippen LogP contribution < -0.4 is 15.6 Å². The second kappa shape index (κ2) is 7.96. The molecule has 1 atom stereocenters. The average molecular weight is 435 g/mol. The SMILES string of the molecule is O=C(Cn1cnc2scc(-c3ccc(F)cc3)c2c1=O)N[C@@H]1CCOc2ccccc21. The van der Waals surface area contributed by atoms with Crippen molar-refractivity contribution in [2.45, 2.75) is 19.0 Å². The van der Waals surface area contributed by atoms with E-state index in [1.807, 2.05) is 29.6 Å². The van der Waals surface area contributed by atoms with Crippen molar-refractivity contribution in [1.82, 2.24) is 14.9 Å². The van der Waals surface area contributed by atoms with Gasteiger partial charge in [0.05, 0.1) is 24.4 Å². The Morgan fingerprint density at radius 2 is 2.03 bits per heavy atom. The van der Waals surface area contributed by atoms with Crippen molar-refractivity contribution < 1.29 is 13.9 Å². The lowest BCUT2D eigenvalue weighted by molar-refractivity contribution is -0.122. The van der Waals surface area contributed by atoms with Crippen LogP contribution in [0.1, 0.15) is 18.0 Å². The van der Waals surface area contributed by atoms with E-state index >= 15 is 0 Å². The van der Waals surface area contributed by atoms with E-state index in [9.17, 15) is 14.0 Å². The van der Waals surface area contributed by atoms with Crippen LogP contribution in [0.3, 0.4) is 0 Å². The number of para-hydroxylation sites is 1. The van der Waals surface area contributed by atoms with Gasteiger partial charge in [0.1, 0.15) is 22.9 Å². The number of carbonyl (C=O) groups is 1. The number of hydrogen-bond donors (Lipinski definition) is 1. The average Bonchev–Trinajstić information content (AvgIpc) is 3.21. The topological polar surface area (TPSA) is 73.2 Å². The van der Waals surface area contributed by atoms with Crippen molar-refractivity contribution in [3.63, 3.8) is 0 Å². The van der Waals surface area contributed by atoms with Crippen molar-refractivity contribution in [3.8, 4) is 16.9 Å². The number of rotatable bonds is 4. The van der Waals surface area contributed by atoms with E-state index < -0.39 is 0 Å². The molecular formula is C23H18FN3O3S. The fourth-order valence-corrected chi connectivity index (χ4v) is 4.72. The predicted molar refractivity (Wildman–Crippen MR) is 117 cm³/mol. The third kappa shape index (κ3) is 3.70. The van der Waals surface area contributed by atoms with Gasteiger partial charge >= 0.3 is 0 Å². The van der Waals surface area contributed by atoms with Crippen molar-refractivity contribution in [2.24, 2.45) is 0 Å². The fourth-order valence-electron chi connectivity index (χ4n) is 3.81. The van der Waals surface area contributed by atoms with E-state index in [-0.39, 0.29) is 29.9 Å². The summed E-state index contributed by atoms with van der Waals surface area (Å²) in [5.41, 5.74) is 2.05. The number of nitrogens with zero attached hydrogens (tertiary/aromatic N) is 2. The molecule has 156 valence electrons. The number of aromatic nitrogens is 2. The van der Waals surface area contributed by atoms with Crippen LogP contribution in [0.2, 0.25) is 0 Å². The summed E-state index contributed by atoms with van der Waals surface area (Å²) >= 11 is 1.34. The van der Waals surface area contributed by atoms with Gasteiger partial charge in [0.2, 0.25) is 5.91 Å². The summed E-state index contributed by atoms with van der Waals surface area (Å²) in [5, 5.41) is 5.26. The lowest BCUT2D eigenvalue weighted by Gasteiger charge is -2.26. The van der Waals surface area contributed by atoms with E-state index in [4.69, 9.17) is 4.74 Å². The van der Waals surface area contributed by atoms with Crippen LogP contribution in [0, 0.1) is 5.82 Å². The van der Waals surface area contributed by atoms with Crippen LogP contribution in [0.25, 0.3) is 21.3 Å². The Balaban J connectivity index is 1.42. The van der Waals surface area contributed by atoms with Gasteiger partial charge in [-0.15, -0.1) is 11.3 Å². The van der Waals surface area contributed by atoms with E-state index in [1.165, 1.54) is 34.4 Å². The molecule has 2 aromatic carbocycles. The number of halogens is 1. The highest BCUT2D eigenvalue weighted by molar-refractivity contribution is 7.17. The number of fused-ring (bicyclic) bond motifs is 2. The van der Waals surface area contributed by atoms with E-state index in [0.29, 0.717) is 28.8 Å². The number of benzene rings is 2. The molecule has 0 aliphatic carbocycles. The number of thiophene rings is 1. The Morgan fingerprint density at radius 1 is 1.23 bits per heavy atom. The van der Waals surface area contributed by atoms with Gasteiger partial charge in [0.25, 0.3) is 5.56 Å². The molecule has 1 aliphatic rings. The Kier molecular flexibility index (Phi) is 4.99. The van der Waals surface area contributed by atoms with Gasteiger partial charge in [-0.05, 0) is 23.8 Å². The molecule has 0 bridgehead atoms. The van der Waals surface area contributed by atoms with Crippen LogP contribution in [0.4, 0.5) is 4.39 Å². The fraction of sp³-hybridized carbons (Fsp3) is 0.174. The third-order valence-electron chi connectivity index (χ3n) is 5.32. The molecule has 6 nitrogen and oxygen atoms in total. The normalized spacial score (nSPS) is 15.3. The summed E-state index contributed by atoms with van der Waals surface area (Å²) in [7, 11) is 0. The highest BCUT2D eigenvalue weighted by Gasteiger charge is 2.23. The van der Waals surface area contributed by atoms with Gasteiger partial charge in [0.15, 0.2) is 0 Å². The minimum Gasteiger partial charge on any atom is -0.493 e. The van der Waals surface area contributed by atoms with Gasteiger partial charge in [-0.25, -0.2) is 9.37 Å². The molecule has 1 N–H and O–H groups in total. The van der Waals surface area contributed by atoms with Gasteiger partial charge in [-0.3, -0.25) is 14.2 Å². The lowest BCUT2D eigenvalue weighted by atomic mass is 10.0. The molecule has 0 saturated carbocycles. The maximum Gasteiger partial charge on any atom is 0.263 e. The molecule has 0 unspecified atom stereocenters. The van der Waals surface area contributed by atoms with Crippen LogP contribution in [0.5, 0.6) is 5.75 Å². The first-order chi connectivity index (χ1) is 15.1. The van der Waals surface area contributed by atoms with Crippen LogP contribution in [0.15, 0.2) is 65.0 Å². The lowest BCUT2D eigenvalue weighted by Crippen LogP contribution is -2.36. The van der Waals surface area contributed by atoms with E-state index in [1.54, 1.807) is 12.1 Å². The van der Waals surface area contributed by atoms with Gasteiger partial charge in [0, 0.05) is 22.9 Å². The van der Waals surface area contributed by atoms with E-state index in [0.717, 1.165) is 16.9 Å². The zero-order valence-electron chi connectivity index (χ0n) is 16.4. The Hall–Kier alpha value is -3.52. The monoisotopic (exact) mass is 435 g/mol. The first-order valence-electron chi connectivity index (χ1n) is 9.84. The molecular weight excluding hydrogens is 417 g/mol. The van der Waals surface area contributed by atoms with Crippen LogP contribution >= 0.6 is 11.3 Å². The number of ether oxygens (including phenoxy) is 1. The van der Waals surface area contributed by atoms with Gasteiger partial charge < -0.3 is 10.1 Å². The molecule has 2 aromatic heterocycles. The van der Waals surface area contributed by atoms with E-state index in [2.05, 4.69) is 10.3 Å². The summed E-state index contributed by atoms with van der Waals surface area (Å²) in [6.07, 6.45) is 2.06. The number of hydrogen-bond acceptors (Lipinski definition) is 5. The Labute approximate surface area is 180 Å². The Morgan fingerprint density at radius 3 is 2.87 bits per heavy atom. The van der Waals surface area contributed by atoms with Crippen LogP contribution in [-0.2, 0) is 11.3 Å². The van der Waals surface area contributed by atoms with Crippen molar-refractivity contribution in [1.29, 1.82) is 0 Å². The second-order valence-electron chi connectivity index (χ2n) is 7.31. The van der Waals surface area contributed by atoms with Crippen molar-refractivity contribution >= 4 is 27.5 Å².